The van der Waals surface area contributed by atoms with E-state index in [2.05, 4.69) is 26.1 Å². The molecular weight excluding hydrogens is 246 g/mol. The van der Waals surface area contributed by atoms with Gasteiger partial charge in [0, 0.05) is 0 Å². The zero-order valence-electron chi connectivity index (χ0n) is 5.74. The molecule has 0 bridgehead atoms. The van der Waals surface area contributed by atoms with Crippen molar-refractivity contribution in [3.8, 4) is 0 Å². The van der Waals surface area contributed by atoms with E-state index in [-0.39, 0.29) is 5.82 Å². The van der Waals surface area contributed by atoms with Crippen LogP contribution in [-0.2, 0) is 0 Å². The second kappa shape index (κ2) is 2.71. The van der Waals surface area contributed by atoms with Crippen LogP contribution in [0.15, 0.2) is 16.7 Å². The highest BCUT2D eigenvalue weighted by Crippen LogP contribution is 2.28. The van der Waals surface area contributed by atoms with Crippen molar-refractivity contribution in [2.75, 3.05) is 0 Å². The fourth-order valence-corrected chi connectivity index (χ4v) is 1.69. The van der Waals surface area contributed by atoms with Crippen LogP contribution in [0.5, 0.6) is 0 Å². The van der Waals surface area contributed by atoms with Gasteiger partial charge in [-0.1, -0.05) is 11.6 Å². The van der Waals surface area contributed by atoms with Gasteiger partial charge >= 0.3 is 0 Å². The second-order valence-corrected chi connectivity index (χ2v) is 3.49. The van der Waals surface area contributed by atoms with Crippen LogP contribution in [0, 0.1) is 5.82 Å². The van der Waals surface area contributed by atoms with E-state index in [0.29, 0.717) is 20.5 Å². The first kappa shape index (κ1) is 8.01. The summed E-state index contributed by atoms with van der Waals surface area (Å²) in [6.07, 6.45) is 0. The van der Waals surface area contributed by atoms with Gasteiger partial charge in [0.25, 0.3) is 0 Å². The average molecular weight is 249 g/mol. The second-order valence-electron chi connectivity index (χ2n) is 2.29. The van der Waals surface area contributed by atoms with E-state index < -0.39 is 0 Å². The molecule has 62 valence electrons. The first-order chi connectivity index (χ1) is 5.70. The third-order valence-corrected chi connectivity index (χ3v) is 2.44. The van der Waals surface area contributed by atoms with E-state index in [0.717, 1.165) is 0 Å². The van der Waals surface area contributed by atoms with Gasteiger partial charge in [0.2, 0.25) is 0 Å². The standard InChI is InChI=1S/C7H3BrClFN2/c8-7-5-4(10)2-1-3(9)6(5)11-12-7/h1-2H,(H,11,12). The molecule has 2 rings (SSSR count). The molecule has 0 radical (unpaired) electrons. The Morgan fingerprint density at radius 2 is 2.25 bits per heavy atom. The molecule has 0 fully saturated rings. The molecule has 2 nitrogen and oxygen atoms in total. The Morgan fingerprint density at radius 1 is 1.50 bits per heavy atom. The van der Waals surface area contributed by atoms with Crippen LogP contribution < -0.4 is 0 Å². The van der Waals surface area contributed by atoms with Gasteiger partial charge in [-0.05, 0) is 28.1 Å². The van der Waals surface area contributed by atoms with Gasteiger partial charge in [-0.25, -0.2) is 4.39 Å². The zero-order valence-corrected chi connectivity index (χ0v) is 8.08. The molecule has 0 atom stereocenters. The summed E-state index contributed by atoms with van der Waals surface area (Å²) in [6.45, 7) is 0. The first-order valence-electron chi connectivity index (χ1n) is 3.17. The molecule has 1 heterocycles. The van der Waals surface area contributed by atoms with Gasteiger partial charge < -0.3 is 0 Å². The summed E-state index contributed by atoms with van der Waals surface area (Å²) in [5.41, 5.74) is 0.448. The largest absolute Gasteiger partial charge is 0.270 e. The number of hydrogen-bond donors (Lipinski definition) is 1. The molecule has 1 aromatic heterocycles. The van der Waals surface area contributed by atoms with Crippen molar-refractivity contribution in [2.24, 2.45) is 0 Å². The Balaban J connectivity index is 2.98. The highest BCUT2D eigenvalue weighted by molar-refractivity contribution is 9.10. The molecule has 1 N–H and O–H groups in total. The third-order valence-electron chi connectivity index (χ3n) is 1.56. The molecule has 5 heteroatoms. The van der Waals surface area contributed by atoms with Crippen LogP contribution in [-0.4, -0.2) is 10.2 Å². The van der Waals surface area contributed by atoms with E-state index >= 15 is 0 Å². The molecule has 0 aliphatic carbocycles. The van der Waals surface area contributed by atoms with Crippen molar-refractivity contribution < 1.29 is 4.39 Å². The van der Waals surface area contributed by atoms with Gasteiger partial charge in [-0.3, -0.25) is 5.10 Å². The van der Waals surface area contributed by atoms with Gasteiger partial charge in [0.05, 0.1) is 10.4 Å². The number of rotatable bonds is 0. The van der Waals surface area contributed by atoms with Gasteiger partial charge in [-0.2, -0.15) is 5.10 Å². The fraction of sp³-hybridized carbons (Fsp3) is 0. The summed E-state index contributed by atoms with van der Waals surface area (Å²) in [5.74, 6) is -0.338. The molecule has 0 saturated heterocycles. The Bertz CT molecular complexity index is 440. The van der Waals surface area contributed by atoms with Gasteiger partial charge in [0.1, 0.15) is 15.9 Å². The Kier molecular flexibility index (Phi) is 1.81. The number of aromatic amines is 1. The molecule has 0 aliphatic rings. The lowest BCUT2D eigenvalue weighted by Crippen LogP contribution is -1.76. The molecule has 0 aliphatic heterocycles. The van der Waals surface area contributed by atoms with Crippen molar-refractivity contribution in [1.82, 2.24) is 10.2 Å². The molecular formula is C7H3BrClFN2. The quantitative estimate of drug-likeness (QED) is 0.763. The molecule has 1 aromatic carbocycles. The minimum atomic E-state index is -0.338. The Hall–Kier alpha value is -0.610. The maximum atomic E-state index is 13.1. The lowest BCUT2D eigenvalue weighted by atomic mass is 10.2. The lowest BCUT2D eigenvalue weighted by molar-refractivity contribution is 0.639. The third kappa shape index (κ3) is 1.03. The maximum absolute atomic E-state index is 13.1. The average Bonchev–Trinajstić information content (AvgIpc) is 2.42. The number of H-pyrrole nitrogens is 1. The van der Waals surface area contributed by atoms with Gasteiger partial charge in [0.15, 0.2) is 0 Å². The summed E-state index contributed by atoms with van der Waals surface area (Å²) >= 11 is 8.91. The van der Waals surface area contributed by atoms with Crippen LogP contribution in [0.25, 0.3) is 10.9 Å². The number of aromatic nitrogens is 2. The van der Waals surface area contributed by atoms with Crippen LogP contribution in [0.3, 0.4) is 0 Å². The predicted octanol–water partition coefficient (Wildman–Crippen LogP) is 3.12. The fourth-order valence-electron chi connectivity index (χ4n) is 1.02. The van der Waals surface area contributed by atoms with Crippen LogP contribution in [0.4, 0.5) is 4.39 Å². The topological polar surface area (TPSA) is 28.7 Å². The number of fused-ring (bicyclic) bond motifs is 1. The summed E-state index contributed by atoms with van der Waals surface area (Å²) in [4.78, 5) is 0. The van der Waals surface area contributed by atoms with Crippen molar-refractivity contribution in [2.45, 2.75) is 0 Å². The Labute approximate surface area is 80.8 Å². The summed E-state index contributed by atoms with van der Waals surface area (Å²) in [6, 6.07) is 2.79. The summed E-state index contributed by atoms with van der Waals surface area (Å²) in [5, 5.41) is 7.26. The van der Waals surface area contributed by atoms with E-state index in [1.54, 1.807) is 0 Å². The number of nitrogens with one attached hydrogen (secondary N) is 1. The van der Waals surface area contributed by atoms with Crippen molar-refractivity contribution in [1.29, 1.82) is 0 Å². The van der Waals surface area contributed by atoms with Crippen molar-refractivity contribution in [3.05, 3.63) is 27.6 Å². The molecule has 0 spiro atoms. The number of halogens is 3. The van der Waals surface area contributed by atoms with E-state index in [1.807, 2.05) is 0 Å². The number of nitrogens with zero attached hydrogens (tertiary/aromatic N) is 1. The predicted molar refractivity (Wildman–Crippen MR) is 48.8 cm³/mol. The molecule has 0 amide bonds. The molecule has 0 saturated carbocycles. The SMILES string of the molecule is Fc1ccc(Cl)c2n[nH]c(Br)c12. The van der Waals surface area contributed by atoms with Gasteiger partial charge in [-0.15, -0.1) is 0 Å². The smallest absolute Gasteiger partial charge is 0.135 e. The number of hydrogen-bond acceptors (Lipinski definition) is 1. The van der Waals surface area contributed by atoms with Crippen LogP contribution >= 0.6 is 27.5 Å². The Morgan fingerprint density at radius 3 is 2.92 bits per heavy atom. The maximum Gasteiger partial charge on any atom is 0.135 e. The summed E-state index contributed by atoms with van der Waals surface area (Å²) < 4.78 is 13.6. The molecule has 2 aromatic rings. The zero-order chi connectivity index (χ0) is 8.72. The van der Waals surface area contributed by atoms with E-state index in [9.17, 15) is 4.39 Å². The minimum Gasteiger partial charge on any atom is -0.270 e. The van der Waals surface area contributed by atoms with Crippen molar-refractivity contribution >= 4 is 38.4 Å². The van der Waals surface area contributed by atoms with Crippen LogP contribution in [0.1, 0.15) is 0 Å². The molecule has 0 unspecified atom stereocenters. The van der Waals surface area contributed by atoms with E-state index in [4.69, 9.17) is 11.6 Å². The van der Waals surface area contributed by atoms with Crippen molar-refractivity contribution in [3.63, 3.8) is 0 Å². The molecule has 12 heavy (non-hydrogen) atoms. The minimum absolute atomic E-state index is 0.338. The highest BCUT2D eigenvalue weighted by atomic mass is 79.9. The highest BCUT2D eigenvalue weighted by Gasteiger charge is 2.10. The normalized spacial score (nSPS) is 10.9. The monoisotopic (exact) mass is 248 g/mol. The van der Waals surface area contributed by atoms with E-state index in [1.165, 1.54) is 12.1 Å². The van der Waals surface area contributed by atoms with Crippen LogP contribution in [0.2, 0.25) is 5.02 Å². The summed E-state index contributed by atoms with van der Waals surface area (Å²) in [7, 11) is 0. The first-order valence-corrected chi connectivity index (χ1v) is 4.35. The lowest BCUT2D eigenvalue weighted by Gasteiger charge is -1.92. The number of benzene rings is 1.